The molecule has 0 aliphatic rings. The minimum absolute atomic E-state index is 0.328. The van der Waals surface area contributed by atoms with Crippen molar-refractivity contribution in [3.63, 3.8) is 0 Å². The van der Waals surface area contributed by atoms with E-state index >= 15 is 0 Å². The number of aromatic nitrogens is 3. The van der Waals surface area contributed by atoms with Crippen molar-refractivity contribution in [2.24, 2.45) is 5.73 Å². The van der Waals surface area contributed by atoms with Crippen molar-refractivity contribution in [3.8, 4) is 11.4 Å². The smallest absolute Gasteiger partial charge is 0.340 e. The number of amides is 1. The van der Waals surface area contributed by atoms with Gasteiger partial charge in [0, 0.05) is 5.56 Å². The summed E-state index contributed by atoms with van der Waals surface area (Å²) in [5.41, 5.74) is 5.61. The second kappa shape index (κ2) is 3.49. The van der Waals surface area contributed by atoms with Crippen molar-refractivity contribution in [1.29, 1.82) is 0 Å². The molecule has 2 aromatic rings. The first-order chi connectivity index (χ1) is 7.16. The average Bonchev–Trinajstić information content (AvgIpc) is 2.68. The van der Waals surface area contributed by atoms with Gasteiger partial charge in [0.15, 0.2) is 5.82 Å². The highest BCUT2D eigenvalue weighted by molar-refractivity contribution is 5.73. The Kier molecular flexibility index (Phi) is 2.17. The van der Waals surface area contributed by atoms with Crippen molar-refractivity contribution in [2.45, 2.75) is 0 Å². The van der Waals surface area contributed by atoms with E-state index in [0.717, 1.165) is 4.68 Å². The van der Waals surface area contributed by atoms with Gasteiger partial charge in [-0.25, -0.2) is 14.2 Å². The Morgan fingerprint density at radius 2 is 2.00 bits per heavy atom. The highest BCUT2D eigenvalue weighted by Crippen LogP contribution is 2.14. The van der Waals surface area contributed by atoms with Crippen LogP contribution in [0.25, 0.3) is 11.4 Å². The molecule has 0 fully saturated rings. The summed E-state index contributed by atoms with van der Waals surface area (Å²) < 4.78 is 13.5. The molecule has 0 unspecified atom stereocenters. The first-order valence-corrected chi connectivity index (χ1v) is 4.14. The van der Waals surface area contributed by atoms with Crippen LogP contribution in [0.1, 0.15) is 0 Å². The third kappa shape index (κ3) is 1.83. The van der Waals surface area contributed by atoms with Gasteiger partial charge < -0.3 is 5.73 Å². The molecule has 5 nitrogen and oxygen atoms in total. The summed E-state index contributed by atoms with van der Waals surface area (Å²) in [6.07, 6.45) is 1.21. The molecule has 1 amide bonds. The average molecular weight is 206 g/mol. The molecule has 0 saturated heterocycles. The van der Waals surface area contributed by atoms with Gasteiger partial charge in [-0.3, -0.25) is 0 Å². The minimum atomic E-state index is -0.712. The molecule has 6 heteroatoms. The van der Waals surface area contributed by atoms with Gasteiger partial charge in [-0.05, 0) is 24.3 Å². The van der Waals surface area contributed by atoms with E-state index in [1.807, 2.05) is 0 Å². The monoisotopic (exact) mass is 206 g/mol. The van der Waals surface area contributed by atoms with Crippen LogP contribution in [0.4, 0.5) is 9.18 Å². The number of hydrogen-bond donors (Lipinski definition) is 1. The predicted molar refractivity (Wildman–Crippen MR) is 50.4 cm³/mol. The highest BCUT2D eigenvalue weighted by Gasteiger charge is 2.06. The molecule has 0 aliphatic heterocycles. The van der Waals surface area contributed by atoms with Gasteiger partial charge in [-0.2, -0.15) is 4.68 Å². The molecule has 2 rings (SSSR count). The van der Waals surface area contributed by atoms with E-state index in [2.05, 4.69) is 10.1 Å². The lowest BCUT2D eigenvalue weighted by molar-refractivity contribution is 0.247. The number of nitrogens with two attached hydrogens (primary N) is 1. The molecule has 0 radical (unpaired) electrons. The van der Waals surface area contributed by atoms with Gasteiger partial charge in [0.25, 0.3) is 0 Å². The van der Waals surface area contributed by atoms with Crippen LogP contribution in [-0.4, -0.2) is 20.8 Å². The zero-order chi connectivity index (χ0) is 10.8. The van der Waals surface area contributed by atoms with E-state index in [0.29, 0.717) is 11.4 Å². The van der Waals surface area contributed by atoms with Crippen LogP contribution in [0.3, 0.4) is 0 Å². The minimum Gasteiger partial charge on any atom is -0.350 e. The standard InChI is InChI=1S/C9H7FN4O/c10-7-3-1-6(2-4-7)8-12-5-14(13-8)9(11)15/h1-5H,(H2,11,15). The third-order valence-electron chi connectivity index (χ3n) is 1.82. The van der Waals surface area contributed by atoms with Crippen LogP contribution in [0.15, 0.2) is 30.6 Å². The fourth-order valence-corrected chi connectivity index (χ4v) is 1.10. The Labute approximate surface area is 84.3 Å². The summed E-state index contributed by atoms with van der Waals surface area (Å²) in [7, 11) is 0. The number of carbonyl (C=O) groups is 1. The SMILES string of the molecule is NC(=O)n1cnc(-c2ccc(F)cc2)n1. The Hall–Kier alpha value is -2.24. The lowest BCUT2D eigenvalue weighted by Gasteiger charge is -1.94. The number of nitrogens with zero attached hydrogens (tertiary/aromatic N) is 3. The topological polar surface area (TPSA) is 73.8 Å². The molecule has 2 N–H and O–H groups in total. The number of rotatable bonds is 1. The van der Waals surface area contributed by atoms with Gasteiger partial charge in [0.1, 0.15) is 12.1 Å². The van der Waals surface area contributed by atoms with Gasteiger partial charge in [-0.15, -0.1) is 5.10 Å². The fourth-order valence-electron chi connectivity index (χ4n) is 1.10. The molecule has 0 spiro atoms. The van der Waals surface area contributed by atoms with Crippen molar-refractivity contribution in [3.05, 3.63) is 36.4 Å². The van der Waals surface area contributed by atoms with Gasteiger partial charge >= 0.3 is 6.03 Å². The lowest BCUT2D eigenvalue weighted by atomic mass is 10.2. The number of primary amides is 1. The zero-order valence-corrected chi connectivity index (χ0v) is 7.59. The fraction of sp³-hybridized carbons (Fsp3) is 0. The summed E-state index contributed by atoms with van der Waals surface area (Å²) in [4.78, 5) is 14.6. The molecule has 1 aromatic heterocycles. The maximum Gasteiger partial charge on any atom is 0.340 e. The molecule has 15 heavy (non-hydrogen) atoms. The number of benzene rings is 1. The summed E-state index contributed by atoms with van der Waals surface area (Å²) in [6.45, 7) is 0. The summed E-state index contributed by atoms with van der Waals surface area (Å²) in [5.74, 6) is -0.0121. The summed E-state index contributed by atoms with van der Waals surface area (Å²) in [6, 6.07) is 4.92. The molecule has 76 valence electrons. The normalized spacial score (nSPS) is 10.2. The number of hydrogen-bond acceptors (Lipinski definition) is 3. The molecule has 1 heterocycles. The van der Waals surface area contributed by atoms with E-state index in [-0.39, 0.29) is 5.82 Å². The van der Waals surface area contributed by atoms with Crippen LogP contribution in [0.2, 0.25) is 0 Å². The zero-order valence-electron chi connectivity index (χ0n) is 7.59. The van der Waals surface area contributed by atoms with Gasteiger partial charge in [0.2, 0.25) is 0 Å². The van der Waals surface area contributed by atoms with E-state index < -0.39 is 6.03 Å². The Morgan fingerprint density at radius 3 is 2.53 bits per heavy atom. The maximum absolute atomic E-state index is 12.6. The van der Waals surface area contributed by atoms with Crippen molar-refractivity contribution < 1.29 is 9.18 Å². The van der Waals surface area contributed by atoms with Crippen molar-refractivity contribution in [2.75, 3.05) is 0 Å². The molecule has 0 saturated carbocycles. The van der Waals surface area contributed by atoms with Gasteiger partial charge in [-0.1, -0.05) is 0 Å². The van der Waals surface area contributed by atoms with E-state index in [9.17, 15) is 9.18 Å². The first-order valence-electron chi connectivity index (χ1n) is 4.14. The highest BCUT2D eigenvalue weighted by atomic mass is 19.1. The largest absolute Gasteiger partial charge is 0.350 e. The molecule has 0 atom stereocenters. The molecule has 0 bridgehead atoms. The second-order valence-electron chi connectivity index (χ2n) is 2.86. The third-order valence-corrected chi connectivity index (χ3v) is 1.82. The molecular formula is C9H7FN4O. The Bertz CT molecular complexity index is 491. The number of halogens is 1. The maximum atomic E-state index is 12.6. The van der Waals surface area contributed by atoms with E-state index in [4.69, 9.17) is 5.73 Å². The van der Waals surface area contributed by atoms with Crippen LogP contribution >= 0.6 is 0 Å². The predicted octanol–water partition coefficient (Wildman–Crippen LogP) is 1.01. The van der Waals surface area contributed by atoms with Gasteiger partial charge in [0.05, 0.1) is 0 Å². The summed E-state index contributed by atoms with van der Waals surface area (Å²) >= 11 is 0. The molecule has 1 aromatic carbocycles. The Balaban J connectivity index is 2.37. The first kappa shape index (κ1) is 9.32. The van der Waals surface area contributed by atoms with E-state index in [1.165, 1.54) is 30.6 Å². The lowest BCUT2D eigenvalue weighted by Crippen LogP contribution is -2.19. The molecule has 0 aliphatic carbocycles. The number of carbonyl (C=O) groups excluding carboxylic acids is 1. The van der Waals surface area contributed by atoms with Crippen molar-refractivity contribution >= 4 is 6.03 Å². The molecular weight excluding hydrogens is 199 g/mol. The van der Waals surface area contributed by atoms with Crippen LogP contribution in [0, 0.1) is 5.82 Å². The summed E-state index contributed by atoms with van der Waals surface area (Å²) in [5, 5.41) is 3.82. The Morgan fingerprint density at radius 1 is 1.33 bits per heavy atom. The van der Waals surface area contributed by atoms with E-state index in [1.54, 1.807) is 0 Å². The van der Waals surface area contributed by atoms with Crippen molar-refractivity contribution in [1.82, 2.24) is 14.8 Å². The van der Waals surface area contributed by atoms with Crippen LogP contribution in [-0.2, 0) is 0 Å². The van der Waals surface area contributed by atoms with Crippen LogP contribution in [0.5, 0.6) is 0 Å². The quantitative estimate of drug-likeness (QED) is 0.756. The second-order valence-corrected chi connectivity index (χ2v) is 2.86. The van der Waals surface area contributed by atoms with Crippen LogP contribution < -0.4 is 5.73 Å².